The third-order valence-corrected chi connectivity index (χ3v) is 2.36. The molecule has 0 fully saturated rings. The predicted molar refractivity (Wildman–Crippen MR) is 61.6 cm³/mol. The van der Waals surface area contributed by atoms with Gasteiger partial charge in [-0.25, -0.2) is 0 Å². The maximum absolute atomic E-state index is 5.61. The summed E-state index contributed by atoms with van der Waals surface area (Å²) in [7, 11) is 1.68. The van der Waals surface area contributed by atoms with E-state index in [9.17, 15) is 0 Å². The topological polar surface area (TPSA) is 44.5 Å². The molecule has 0 unspecified atom stereocenters. The molecule has 1 aromatic carbocycles. The molecule has 0 amide bonds. The summed E-state index contributed by atoms with van der Waals surface area (Å²) in [5.74, 6) is 1.78. The molecule has 0 aliphatic heterocycles. The molecule has 3 heteroatoms. The zero-order chi connectivity index (χ0) is 11.3. The number of benzene rings is 1. The standard InChI is InChI=1S/C12H19NO2/c1-9-5-6-11(15-8-4-7-13)10(2)12(9)14-3/h5-6H,4,7-8,13H2,1-3H3. The summed E-state index contributed by atoms with van der Waals surface area (Å²) in [5.41, 5.74) is 7.58. The van der Waals surface area contributed by atoms with E-state index in [1.165, 1.54) is 0 Å². The highest BCUT2D eigenvalue weighted by Gasteiger charge is 2.08. The third-order valence-electron chi connectivity index (χ3n) is 2.36. The van der Waals surface area contributed by atoms with E-state index in [0.29, 0.717) is 13.2 Å². The Morgan fingerprint density at radius 1 is 1.27 bits per heavy atom. The minimum absolute atomic E-state index is 0.655. The SMILES string of the molecule is COc1c(C)ccc(OCCCN)c1C. The van der Waals surface area contributed by atoms with Crippen LogP contribution in [0.2, 0.25) is 0 Å². The van der Waals surface area contributed by atoms with E-state index in [1.807, 2.05) is 26.0 Å². The van der Waals surface area contributed by atoms with Crippen molar-refractivity contribution in [3.05, 3.63) is 23.3 Å². The molecule has 0 spiro atoms. The number of aryl methyl sites for hydroxylation is 1. The molecule has 0 saturated heterocycles. The zero-order valence-corrected chi connectivity index (χ0v) is 9.67. The van der Waals surface area contributed by atoms with Crippen molar-refractivity contribution < 1.29 is 9.47 Å². The summed E-state index contributed by atoms with van der Waals surface area (Å²) in [5, 5.41) is 0. The van der Waals surface area contributed by atoms with Crippen molar-refractivity contribution in [1.29, 1.82) is 0 Å². The molecule has 1 rings (SSSR count). The first kappa shape index (κ1) is 11.9. The lowest BCUT2D eigenvalue weighted by Gasteiger charge is -2.13. The highest BCUT2D eigenvalue weighted by Crippen LogP contribution is 2.30. The smallest absolute Gasteiger partial charge is 0.128 e. The summed E-state index contributed by atoms with van der Waals surface area (Å²) in [4.78, 5) is 0. The molecule has 0 aromatic heterocycles. The summed E-state index contributed by atoms with van der Waals surface area (Å²) in [6, 6.07) is 3.98. The highest BCUT2D eigenvalue weighted by atomic mass is 16.5. The molecule has 15 heavy (non-hydrogen) atoms. The van der Waals surface area contributed by atoms with E-state index in [4.69, 9.17) is 15.2 Å². The van der Waals surface area contributed by atoms with E-state index in [0.717, 1.165) is 29.0 Å². The Labute approximate surface area is 91.2 Å². The van der Waals surface area contributed by atoms with Crippen molar-refractivity contribution in [2.75, 3.05) is 20.3 Å². The first-order chi connectivity index (χ1) is 7.20. The molecular formula is C12H19NO2. The van der Waals surface area contributed by atoms with Crippen LogP contribution in [-0.2, 0) is 0 Å². The molecule has 2 N–H and O–H groups in total. The average Bonchev–Trinajstić information content (AvgIpc) is 2.22. The third kappa shape index (κ3) is 2.86. The Hall–Kier alpha value is -1.22. The summed E-state index contributed by atoms with van der Waals surface area (Å²) < 4.78 is 10.9. The lowest BCUT2D eigenvalue weighted by Crippen LogP contribution is -2.07. The molecule has 3 nitrogen and oxygen atoms in total. The molecule has 0 aliphatic rings. The van der Waals surface area contributed by atoms with Gasteiger partial charge in [-0.3, -0.25) is 0 Å². The fraction of sp³-hybridized carbons (Fsp3) is 0.500. The number of nitrogens with two attached hydrogens (primary N) is 1. The lowest BCUT2D eigenvalue weighted by atomic mass is 10.1. The van der Waals surface area contributed by atoms with Gasteiger partial charge in [-0.05, 0) is 38.4 Å². The van der Waals surface area contributed by atoms with Crippen molar-refractivity contribution in [3.63, 3.8) is 0 Å². The second-order valence-electron chi connectivity index (χ2n) is 3.53. The number of rotatable bonds is 5. The Morgan fingerprint density at radius 2 is 2.00 bits per heavy atom. The Kier molecular flexibility index (Phi) is 4.43. The molecule has 0 atom stereocenters. The van der Waals surface area contributed by atoms with Gasteiger partial charge in [0.1, 0.15) is 11.5 Å². The molecule has 0 saturated carbocycles. The monoisotopic (exact) mass is 209 g/mol. The lowest BCUT2D eigenvalue weighted by molar-refractivity contribution is 0.308. The number of ether oxygens (including phenoxy) is 2. The van der Waals surface area contributed by atoms with E-state index in [1.54, 1.807) is 7.11 Å². The first-order valence-electron chi connectivity index (χ1n) is 5.17. The van der Waals surface area contributed by atoms with Gasteiger partial charge in [-0.2, -0.15) is 0 Å². The van der Waals surface area contributed by atoms with Gasteiger partial charge < -0.3 is 15.2 Å². The van der Waals surface area contributed by atoms with Crippen molar-refractivity contribution in [2.45, 2.75) is 20.3 Å². The number of hydrogen-bond acceptors (Lipinski definition) is 3. The zero-order valence-electron chi connectivity index (χ0n) is 9.67. The Morgan fingerprint density at radius 3 is 2.60 bits per heavy atom. The van der Waals surface area contributed by atoms with Gasteiger partial charge in [0.25, 0.3) is 0 Å². The van der Waals surface area contributed by atoms with Gasteiger partial charge in [-0.15, -0.1) is 0 Å². The second-order valence-corrected chi connectivity index (χ2v) is 3.53. The second kappa shape index (κ2) is 5.61. The normalized spacial score (nSPS) is 10.1. The maximum Gasteiger partial charge on any atom is 0.128 e. The van der Waals surface area contributed by atoms with E-state index in [2.05, 4.69) is 0 Å². The largest absolute Gasteiger partial charge is 0.496 e. The van der Waals surface area contributed by atoms with Crippen LogP contribution in [0.4, 0.5) is 0 Å². The van der Waals surface area contributed by atoms with E-state index < -0.39 is 0 Å². The average molecular weight is 209 g/mol. The molecule has 0 heterocycles. The molecule has 1 aromatic rings. The number of hydrogen-bond donors (Lipinski definition) is 1. The van der Waals surface area contributed by atoms with Crippen molar-refractivity contribution in [3.8, 4) is 11.5 Å². The highest BCUT2D eigenvalue weighted by molar-refractivity contribution is 5.48. The molecule has 0 radical (unpaired) electrons. The Balaban J connectivity index is 2.80. The maximum atomic E-state index is 5.61. The van der Waals surface area contributed by atoms with Gasteiger partial charge in [0, 0.05) is 5.56 Å². The fourth-order valence-corrected chi connectivity index (χ4v) is 1.54. The van der Waals surface area contributed by atoms with E-state index in [-0.39, 0.29) is 0 Å². The molecule has 0 aliphatic carbocycles. The Bertz CT molecular complexity index is 324. The van der Waals surface area contributed by atoms with Crippen LogP contribution in [0.3, 0.4) is 0 Å². The van der Waals surface area contributed by atoms with Crippen molar-refractivity contribution >= 4 is 0 Å². The quantitative estimate of drug-likeness (QED) is 0.755. The van der Waals surface area contributed by atoms with Crippen LogP contribution < -0.4 is 15.2 Å². The van der Waals surface area contributed by atoms with Gasteiger partial charge >= 0.3 is 0 Å². The van der Waals surface area contributed by atoms with Gasteiger partial charge in [-0.1, -0.05) is 6.07 Å². The van der Waals surface area contributed by atoms with Crippen LogP contribution in [0, 0.1) is 13.8 Å². The predicted octanol–water partition coefficient (Wildman–Crippen LogP) is 2.04. The summed E-state index contributed by atoms with van der Waals surface area (Å²) in [6.45, 7) is 5.34. The summed E-state index contributed by atoms with van der Waals surface area (Å²) >= 11 is 0. The molecular weight excluding hydrogens is 190 g/mol. The van der Waals surface area contributed by atoms with Crippen LogP contribution >= 0.6 is 0 Å². The fourth-order valence-electron chi connectivity index (χ4n) is 1.54. The first-order valence-corrected chi connectivity index (χ1v) is 5.17. The van der Waals surface area contributed by atoms with Crippen LogP contribution in [0.15, 0.2) is 12.1 Å². The van der Waals surface area contributed by atoms with Crippen molar-refractivity contribution in [2.24, 2.45) is 5.73 Å². The van der Waals surface area contributed by atoms with Crippen molar-refractivity contribution in [1.82, 2.24) is 0 Å². The van der Waals surface area contributed by atoms with Crippen LogP contribution in [0.25, 0.3) is 0 Å². The summed E-state index contributed by atoms with van der Waals surface area (Å²) in [6.07, 6.45) is 0.871. The molecule has 0 bridgehead atoms. The van der Waals surface area contributed by atoms with Gasteiger partial charge in [0.05, 0.1) is 13.7 Å². The minimum Gasteiger partial charge on any atom is -0.496 e. The van der Waals surface area contributed by atoms with Gasteiger partial charge in [0.2, 0.25) is 0 Å². The van der Waals surface area contributed by atoms with E-state index >= 15 is 0 Å². The number of methoxy groups -OCH3 is 1. The van der Waals surface area contributed by atoms with Crippen LogP contribution in [0.1, 0.15) is 17.5 Å². The van der Waals surface area contributed by atoms with Crippen LogP contribution in [0.5, 0.6) is 11.5 Å². The van der Waals surface area contributed by atoms with Crippen LogP contribution in [-0.4, -0.2) is 20.3 Å². The molecule has 84 valence electrons. The van der Waals surface area contributed by atoms with Gasteiger partial charge in [0.15, 0.2) is 0 Å². The minimum atomic E-state index is 0.655.